The van der Waals surface area contributed by atoms with E-state index >= 15 is 0 Å². The molecule has 0 aliphatic heterocycles. The first kappa shape index (κ1) is 14.0. The summed E-state index contributed by atoms with van der Waals surface area (Å²) in [5, 5.41) is 12.9. The normalized spacial score (nSPS) is 10.7. The van der Waals surface area contributed by atoms with Gasteiger partial charge in [0.15, 0.2) is 0 Å². The van der Waals surface area contributed by atoms with Crippen molar-refractivity contribution < 1.29 is 14.3 Å². The van der Waals surface area contributed by atoms with Gasteiger partial charge in [-0.3, -0.25) is 5.43 Å². The third-order valence-electron chi connectivity index (χ3n) is 2.50. The van der Waals surface area contributed by atoms with Gasteiger partial charge in [0, 0.05) is 5.56 Å². The Hall–Kier alpha value is -2.40. The van der Waals surface area contributed by atoms with E-state index in [9.17, 15) is 9.18 Å². The van der Waals surface area contributed by atoms with Crippen LogP contribution in [0.5, 0.6) is 0 Å². The van der Waals surface area contributed by atoms with Gasteiger partial charge < -0.3 is 5.11 Å². The van der Waals surface area contributed by atoms with Crippen LogP contribution >= 0.6 is 11.6 Å². The molecule has 2 rings (SSSR count). The molecule has 2 aromatic carbocycles. The number of anilines is 1. The number of carboxylic acids is 1. The Morgan fingerprint density at radius 2 is 2.05 bits per heavy atom. The maximum absolute atomic E-state index is 13.5. The zero-order chi connectivity index (χ0) is 14.5. The van der Waals surface area contributed by atoms with Crippen molar-refractivity contribution in [2.45, 2.75) is 0 Å². The van der Waals surface area contributed by atoms with Crippen LogP contribution in [0.4, 0.5) is 10.1 Å². The summed E-state index contributed by atoms with van der Waals surface area (Å²) in [7, 11) is 0. The van der Waals surface area contributed by atoms with Crippen LogP contribution in [0.25, 0.3) is 0 Å². The van der Waals surface area contributed by atoms with Crippen LogP contribution in [0.2, 0.25) is 5.02 Å². The van der Waals surface area contributed by atoms with E-state index in [1.807, 2.05) is 0 Å². The first-order chi connectivity index (χ1) is 9.58. The van der Waals surface area contributed by atoms with Crippen LogP contribution in [0, 0.1) is 5.82 Å². The van der Waals surface area contributed by atoms with E-state index in [4.69, 9.17) is 16.7 Å². The number of halogens is 2. The number of nitrogens with zero attached hydrogens (tertiary/aromatic N) is 1. The molecule has 6 heteroatoms. The molecule has 20 heavy (non-hydrogen) atoms. The van der Waals surface area contributed by atoms with Gasteiger partial charge in [-0.1, -0.05) is 23.7 Å². The minimum Gasteiger partial charge on any atom is -0.478 e. The van der Waals surface area contributed by atoms with Crippen LogP contribution < -0.4 is 5.43 Å². The summed E-state index contributed by atoms with van der Waals surface area (Å²) in [6.45, 7) is 0. The van der Waals surface area contributed by atoms with Gasteiger partial charge in [-0.25, -0.2) is 9.18 Å². The fourth-order valence-corrected chi connectivity index (χ4v) is 1.74. The van der Waals surface area contributed by atoms with E-state index < -0.39 is 11.8 Å². The van der Waals surface area contributed by atoms with Crippen LogP contribution in [-0.4, -0.2) is 17.3 Å². The van der Waals surface area contributed by atoms with Crippen molar-refractivity contribution in [1.29, 1.82) is 0 Å². The van der Waals surface area contributed by atoms with Crippen LogP contribution in [-0.2, 0) is 0 Å². The average Bonchev–Trinajstić information content (AvgIpc) is 2.42. The average molecular weight is 293 g/mol. The third kappa shape index (κ3) is 3.33. The number of hydrogen-bond acceptors (Lipinski definition) is 3. The topological polar surface area (TPSA) is 61.7 Å². The van der Waals surface area contributed by atoms with Gasteiger partial charge in [0.2, 0.25) is 0 Å². The van der Waals surface area contributed by atoms with Gasteiger partial charge in [-0.05, 0) is 30.3 Å². The van der Waals surface area contributed by atoms with Crippen LogP contribution in [0.3, 0.4) is 0 Å². The van der Waals surface area contributed by atoms with Gasteiger partial charge >= 0.3 is 5.97 Å². The van der Waals surface area contributed by atoms with E-state index in [0.717, 1.165) is 0 Å². The number of carbonyl (C=O) groups is 1. The van der Waals surface area contributed by atoms with E-state index in [1.165, 1.54) is 30.5 Å². The number of aromatic carboxylic acids is 1. The second-order valence-corrected chi connectivity index (χ2v) is 4.30. The number of hydrogen-bond donors (Lipinski definition) is 2. The standard InChI is InChI=1S/C14H10ClFN2O2/c15-12-5-2-6-13(16)11(12)8-17-18-10-4-1-3-9(7-10)14(19)20/h1-8,18H,(H,19,20)/b17-8-. The molecule has 4 nitrogen and oxygen atoms in total. The molecular weight excluding hydrogens is 283 g/mol. The highest BCUT2D eigenvalue weighted by molar-refractivity contribution is 6.33. The lowest BCUT2D eigenvalue weighted by Crippen LogP contribution is -1.98. The molecule has 0 bridgehead atoms. The molecule has 0 saturated carbocycles. The van der Waals surface area contributed by atoms with E-state index in [1.54, 1.807) is 18.2 Å². The predicted octanol–water partition coefficient (Wildman–Crippen LogP) is 3.62. The second kappa shape index (κ2) is 6.16. The van der Waals surface area contributed by atoms with Crippen molar-refractivity contribution in [3.05, 3.63) is 64.4 Å². The fraction of sp³-hybridized carbons (Fsp3) is 0. The van der Waals surface area contributed by atoms with Crippen LogP contribution in [0.15, 0.2) is 47.6 Å². The molecule has 102 valence electrons. The molecule has 0 aliphatic rings. The van der Waals surface area contributed by atoms with E-state index in [0.29, 0.717) is 5.69 Å². The smallest absolute Gasteiger partial charge is 0.335 e. The number of rotatable bonds is 4. The zero-order valence-corrected chi connectivity index (χ0v) is 10.9. The Balaban J connectivity index is 2.14. The highest BCUT2D eigenvalue weighted by Crippen LogP contribution is 2.17. The number of carboxylic acid groups (broad SMARTS) is 1. The Labute approximate surface area is 119 Å². The summed E-state index contributed by atoms with van der Waals surface area (Å²) >= 11 is 5.84. The molecule has 0 aromatic heterocycles. The molecule has 0 heterocycles. The molecule has 0 amide bonds. The monoisotopic (exact) mass is 292 g/mol. The van der Waals surface area contributed by atoms with Gasteiger partial charge in [-0.15, -0.1) is 0 Å². The maximum Gasteiger partial charge on any atom is 0.335 e. The second-order valence-electron chi connectivity index (χ2n) is 3.89. The maximum atomic E-state index is 13.5. The lowest BCUT2D eigenvalue weighted by molar-refractivity contribution is 0.0697. The minimum absolute atomic E-state index is 0.133. The molecule has 0 unspecified atom stereocenters. The molecular formula is C14H10ClFN2O2. The molecule has 0 fully saturated rings. The summed E-state index contributed by atoms with van der Waals surface area (Å²) in [6, 6.07) is 10.4. The van der Waals surface area contributed by atoms with E-state index in [2.05, 4.69) is 10.5 Å². The summed E-state index contributed by atoms with van der Waals surface area (Å²) < 4.78 is 13.5. The molecule has 0 spiro atoms. The lowest BCUT2D eigenvalue weighted by Gasteiger charge is -2.02. The molecule has 0 aliphatic carbocycles. The molecule has 0 radical (unpaired) electrons. The Morgan fingerprint density at radius 3 is 2.75 bits per heavy atom. The quantitative estimate of drug-likeness (QED) is 0.668. The summed E-state index contributed by atoms with van der Waals surface area (Å²) in [5.41, 5.74) is 3.40. The summed E-state index contributed by atoms with van der Waals surface area (Å²) in [4.78, 5) is 10.8. The molecule has 0 saturated heterocycles. The third-order valence-corrected chi connectivity index (χ3v) is 2.83. The first-order valence-electron chi connectivity index (χ1n) is 5.64. The highest BCUT2D eigenvalue weighted by atomic mass is 35.5. The minimum atomic E-state index is -1.03. The van der Waals surface area contributed by atoms with Crippen molar-refractivity contribution >= 4 is 29.5 Å². The van der Waals surface area contributed by atoms with Crippen molar-refractivity contribution in [3.63, 3.8) is 0 Å². The molecule has 0 atom stereocenters. The predicted molar refractivity (Wildman–Crippen MR) is 76.0 cm³/mol. The van der Waals surface area contributed by atoms with Crippen molar-refractivity contribution in [2.75, 3.05) is 5.43 Å². The number of benzene rings is 2. The number of hydrazone groups is 1. The Bertz CT molecular complexity index is 654. The van der Waals surface area contributed by atoms with Gasteiger partial charge in [0.05, 0.1) is 22.5 Å². The van der Waals surface area contributed by atoms with E-state index in [-0.39, 0.29) is 16.1 Å². The SMILES string of the molecule is O=C(O)c1cccc(N/N=C\c2c(F)cccc2Cl)c1. The zero-order valence-electron chi connectivity index (χ0n) is 10.2. The Kier molecular flexibility index (Phi) is 4.32. The van der Waals surface area contributed by atoms with Crippen molar-refractivity contribution in [1.82, 2.24) is 0 Å². The molecule has 2 N–H and O–H groups in total. The Morgan fingerprint density at radius 1 is 1.30 bits per heavy atom. The van der Waals surface area contributed by atoms with Crippen molar-refractivity contribution in [3.8, 4) is 0 Å². The fourth-order valence-electron chi connectivity index (χ4n) is 1.53. The lowest BCUT2D eigenvalue weighted by atomic mass is 10.2. The molecule has 2 aromatic rings. The number of nitrogens with one attached hydrogen (secondary N) is 1. The van der Waals surface area contributed by atoms with Gasteiger partial charge in [0.1, 0.15) is 5.82 Å². The van der Waals surface area contributed by atoms with Crippen molar-refractivity contribution in [2.24, 2.45) is 5.10 Å². The van der Waals surface area contributed by atoms with Gasteiger partial charge in [0.25, 0.3) is 0 Å². The summed E-state index contributed by atoms with van der Waals surface area (Å²) in [5.74, 6) is -1.52. The van der Waals surface area contributed by atoms with Crippen LogP contribution in [0.1, 0.15) is 15.9 Å². The highest BCUT2D eigenvalue weighted by Gasteiger charge is 2.04. The largest absolute Gasteiger partial charge is 0.478 e. The van der Waals surface area contributed by atoms with Gasteiger partial charge in [-0.2, -0.15) is 5.10 Å². The summed E-state index contributed by atoms with van der Waals surface area (Å²) in [6.07, 6.45) is 1.24. The first-order valence-corrected chi connectivity index (χ1v) is 6.02.